The van der Waals surface area contributed by atoms with Gasteiger partial charge in [-0.25, -0.2) is 4.79 Å². The van der Waals surface area contributed by atoms with E-state index in [0.29, 0.717) is 13.1 Å². The van der Waals surface area contributed by atoms with Crippen LogP contribution in [0.4, 0.5) is 4.79 Å². The summed E-state index contributed by atoms with van der Waals surface area (Å²) in [4.78, 5) is 14.8. The SMILES string of the molecule is CCCCCCCCCCCCCCN(C(=O)NCCCCCCCCCCCC)[C@@H]1O[C@H](CO)[C@@H](O)[C@H](O)[C@@H]1N. The van der Waals surface area contributed by atoms with Crippen molar-refractivity contribution < 1.29 is 24.9 Å². The fourth-order valence-electron chi connectivity index (χ4n) is 5.78. The first-order valence-corrected chi connectivity index (χ1v) is 17.4. The lowest BCUT2D eigenvalue weighted by molar-refractivity contribution is -0.218. The average molecular weight is 586 g/mol. The van der Waals surface area contributed by atoms with Crippen LogP contribution in [-0.2, 0) is 4.74 Å². The molecule has 0 bridgehead atoms. The van der Waals surface area contributed by atoms with E-state index in [1.165, 1.54) is 109 Å². The summed E-state index contributed by atoms with van der Waals surface area (Å²) in [6.45, 7) is 5.09. The highest BCUT2D eigenvalue weighted by Gasteiger charge is 2.45. The molecule has 6 N–H and O–H groups in total. The highest BCUT2D eigenvalue weighted by atomic mass is 16.5. The number of carbonyl (C=O) groups is 1. The summed E-state index contributed by atoms with van der Waals surface area (Å²) in [6.07, 6.45) is 22.7. The molecule has 0 unspecified atom stereocenters. The third-order valence-electron chi connectivity index (χ3n) is 8.58. The lowest BCUT2D eigenvalue weighted by Crippen LogP contribution is -2.67. The van der Waals surface area contributed by atoms with Crippen molar-refractivity contribution in [3.8, 4) is 0 Å². The van der Waals surface area contributed by atoms with Crippen LogP contribution in [0.2, 0.25) is 0 Å². The molecular weight excluding hydrogens is 518 g/mol. The Bertz CT molecular complexity index is 609. The summed E-state index contributed by atoms with van der Waals surface area (Å²) in [5.41, 5.74) is 6.23. The number of unbranched alkanes of at least 4 members (excludes halogenated alkanes) is 20. The lowest BCUT2D eigenvalue weighted by Gasteiger charge is -2.45. The zero-order valence-corrected chi connectivity index (χ0v) is 26.7. The maximum Gasteiger partial charge on any atom is 0.319 e. The number of amides is 2. The molecule has 41 heavy (non-hydrogen) atoms. The Morgan fingerprint density at radius 3 is 1.54 bits per heavy atom. The first-order chi connectivity index (χ1) is 20.0. The predicted octanol–water partition coefficient (Wildman–Crippen LogP) is 6.39. The number of urea groups is 1. The number of nitrogens with two attached hydrogens (primary N) is 1. The van der Waals surface area contributed by atoms with Gasteiger partial charge in [0.2, 0.25) is 0 Å². The smallest absolute Gasteiger partial charge is 0.319 e. The van der Waals surface area contributed by atoms with Crippen molar-refractivity contribution in [3.63, 3.8) is 0 Å². The van der Waals surface area contributed by atoms with Crippen molar-refractivity contribution >= 4 is 6.03 Å². The molecule has 1 fully saturated rings. The van der Waals surface area contributed by atoms with Gasteiger partial charge < -0.3 is 31.1 Å². The second kappa shape index (κ2) is 25.6. The second-order valence-corrected chi connectivity index (χ2v) is 12.3. The average Bonchev–Trinajstić information content (AvgIpc) is 2.97. The molecule has 8 nitrogen and oxygen atoms in total. The first kappa shape index (κ1) is 38.1. The Balaban J connectivity index is 2.41. The molecule has 1 heterocycles. The third kappa shape index (κ3) is 17.1. The number of hydrogen-bond acceptors (Lipinski definition) is 6. The molecule has 8 heteroatoms. The number of rotatable bonds is 26. The van der Waals surface area contributed by atoms with Gasteiger partial charge in [-0.2, -0.15) is 0 Å². The van der Waals surface area contributed by atoms with Crippen molar-refractivity contribution in [1.82, 2.24) is 10.2 Å². The summed E-state index contributed by atoms with van der Waals surface area (Å²) in [6, 6.07) is -1.21. The van der Waals surface area contributed by atoms with Gasteiger partial charge in [0.05, 0.1) is 12.6 Å². The van der Waals surface area contributed by atoms with Gasteiger partial charge in [0, 0.05) is 13.1 Å². The summed E-state index contributed by atoms with van der Waals surface area (Å²) in [7, 11) is 0. The van der Waals surface area contributed by atoms with E-state index in [2.05, 4.69) is 19.2 Å². The normalized spacial score (nSPS) is 22.6. The van der Waals surface area contributed by atoms with E-state index in [9.17, 15) is 20.1 Å². The molecule has 2 amide bonds. The minimum absolute atomic E-state index is 0.260. The molecule has 244 valence electrons. The number of aliphatic hydroxyl groups is 3. The van der Waals surface area contributed by atoms with Crippen molar-refractivity contribution in [3.05, 3.63) is 0 Å². The predicted molar refractivity (Wildman–Crippen MR) is 169 cm³/mol. The Hall–Kier alpha value is -0.930. The van der Waals surface area contributed by atoms with E-state index in [1.54, 1.807) is 4.90 Å². The Morgan fingerprint density at radius 2 is 1.10 bits per heavy atom. The quantitative estimate of drug-likeness (QED) is 0.0749. The summed E-state index contributed by atoms with van der Waals surface area (Å²) in [5.74, 6) is 0. The van der Waals surface area contributed by atoms with Gasteiger partial charge in [-0.1, -0.05) is 142 Å². The van der Waals surface area contributed by atoms with Gasteiger partial charge in [0.1, 0.15) is 18.3 Å². The van der Waals surface area contributed by atoms with Crippen LogP contribution in [0.15, 0.2) is 0 Å². The van der Waals surface area contributed by atoms with Crippen molar-refractivity contribution in [1.29, 1.82) is 0 Å². The highest BCUT2D eigenvalue weighted by molar-refractivity contribution is 5.74. The van der Waals surface area contributed by atoms with Gasteiger partial charge in [-0.05, 0) is 12.8 Å². The molecule has 1 aliphatic rings. The van der Waals surface area contributed by atoms with Crippen LogP contribution in [0.25, 0.3) is 0 Å². The molecule has 0 saturated carbocycles. The number of aliphatic hydroxyl groups excluding tert-OH is 3. The molecule has 0 aromatic heterocycles. The van der Waals surface area contributed by atoms with Gasteiger partial charge in [-0.3, -0.25) is 4.90 Å². The Labute approximate surface area is 252 Å². The topological polar surface area (TPSA) is 128 Å². The molecule has 0 aliphatic carbocycles. The van der Waals surface area contributed by atoms with E-state index in [1.807, 2.05) is 0 Å². The maximum absolute atomic E-state index is 13.2. The van der Waals surface area contributed by atoms with Crippen molar-refractivity contribution in [2.24, 2.45) is 5.73 Å². The van der Waals surface area contributed by atoms with Crippen LogP contribution in [0.3, 0.4) is 0 Å². The minimum Gasteiger partial charge on any atom is -0.394 e. The van der Waals surface area contributed by atoms with Gasteiger partial charge in [-0.15, -0.1) is 0 Å². The Kier molecular flexibility index (Phi) is 23.7. The molecule has 1 rings (SSSR count). The number of hydrogen-bond donors (Lipinski definition) is 5. The zero-order chi connectivity index (χ0) is 30.1. The summed E-state index contributed by atoms with van der Waals surface area (Å²) >= 11 is 0. The second-order valence-electron chi connectivity index (χ2n) is 12.3. The van der Waals surface area contributed by atoms with E-state index >= 15 is 0 Å². The highest BCUT2D eigenvalue weighted by Crippen LogP contribution is 2.23. The van der Waals surface area contributed by atoms with E-state index in [4.69, 9.17) is 10.5 Å². The summed E-state index contributed by atoms with van der Waals surface area (Å²) in [5, 5.41) is 33.4. The Morgan fingerprint density at radius 1 is 0.683 bits per heavy atom. The molecule has 0 spiro atoms. The van der Waals surface area contributed by atoms with Crippen LogP contribution >= 0.6 is 0 Å². The van der Waals surface area contributed by atoms with Crippen LogP contribution in [0.1, 0.15) is 155 Å². The van der Waals surface area contributed by atoms with Crippen molar-refractivity contribution in [2.75, 3.05) is 19.7 Å². The van der Waals surface area contributed by atoms with E-state index < -0.39 is 37.2 Å². The van der Waals surface area contributed by atoms with E-state index in [0.717, 1.165) is 32.1 Å². The van der Waals surface area contributed by atoms with Crippen LogP contribution in [0.5, 0.6) is 0 Å². The molecule has 0 aromatic carbocycles. The largest absolute Gasteiger partial charge is 0.394 e. The summed E-state index contributed by atoms with van der Waals surface area (Å²) < 4.78 is 5.86. The fourth-order valence-corrected chi connectivity index (χ4v) is 5.78. The number of nitrogens with zero attached hydrogens (tertiary/aromatic N) is 1. The first-order valence-electron chi connectivity index (χ1n) is 17.4. The molecule has 1 aliphatic heterocycles. The van der Waals surface area contributed by atoms with Gasteiger partial charge in [0.25, 0.3) is 0 Å². The molecule has 1 saturated heterocycles. The minimum atomic E-state index is -1.28. The third-order valence-corrected chi connectivity index (χ3v) is 8.58. The number of nitrogens with one attached hydrogen (secondary N) is 1. The molecule has 5 atom stereocenters. The standard InChI is InChI=1S/C33H67N3O5/c1-3-5-7-9-11-13-15-16-18-20-22-24-26-36(32-29(34)31(39)30(38)28(27-37)41-32)33(40)35-25-23-21-19-17-14-12-10-8-6-4-2/h28-32,37-39H,3-27,34H2,1-2H3,(H,35,40)/t28-,29+,30-,31-,32-/m1/s1. The van der Waals surface area contributed by atoms with E-state index in [-0.39, 0.29) is 6.03 Å². The molecule has 0 radical (unpaired) electrons. The maximum atomic E-state index is 13.2. The number of ether oxygens (including phenoxy) is 1. The lowest BCUT2D eigenvalue weighted by atomic mass is 9.96. The molecule has 0 aromatic rings. The van der Waals surface area contributed by atoms with Gasteiger partial charge >= 0.3 is 6.03 Å². The fraction of sp³-hybridized carbons (Fsp3) is 0.970. The van der Waals surface area contributed by atoms with Crippen LogP contribution < -0.4 is 11.1 Å². The van der Waals surface area contributed by atoms with Gasteiger partial charge in [0.15, 0.2) is 6.23 Å². The zero-order valence-electron chi connectivity index (χ0n) is 26.7. The number of carbonyl (C=O) groups excluding carboxylic acids is 1. The van der Waals surface area contributed by atoms with Crippen LogP contribution in [0, 0.1) is 0 Å². The van der Waals surface area contributed by atoms with Crippen LogP contribution in [-0.4, -0.2) is 76.5 Å². The molecular formula is C33H67N3O5. The van der Waals surface area contributed by atoms with Crippen molar-refractivity contribution in [2.45, 2.75) is 186 Å². The monoisotopic (exact) mass is 586 g/mol.